The van der Waals surface area contributed by atoms with Gasteiger partial charge in [0.2, 0.25) is 0 Å². The molecule has 0 aliphatic heterocycles. The number of halogens is 3. The number of carbonyl (C=O) groups is 1. The summed E-state index contributed by atoms with van der Waals surface area (Å²) in [7, 11) is 1.15. The third-order valence-corrected chi connectivity index (χ3v) is 2.81. The van der Waals surface area contributed by atoms with Gasteiger partial charge in [-0.2, -0.15) is 23.4 Å². The first-order chi connectivity index (χ1) is 9.88. The van der Waals surface area contributed by atoms with E-state index in [0.717, 1.165) is 13.1 Å². The zero-order valence-electron chi connectivity index (χ0n) is 11.3. The van der Waals surface area contributed by atoms with Gasteiger partial charge in [0.15, 0.2) is 5.69 Å². The maximum absolute atomic E-state index is 12.6. The first-order valence-corrected chi connectivity index (χ1v) is 6.25. The van der Waals surface area contributed by atoms with E-state index in [1.807, 2.05) is 0 Å². The average Bonchev–Trinajstić information content (AvgIpc) is 3.02. The Morgan fingerprint density at radius 1 is 1.43 bits per heavy atom. The first kappa shape index (κ1) is 15.1. The normalized spacial score (nSPS) is 11.6. The number of amides is 1. The number of hydrogen-bond acceptors (Lipinski definition) is 3. The van der Waals surface area contributed by atoms with Gasteiger partial charge in [-0.05, 0) is 12.5 Å². The number of hydrogen-bond donors (Lipinski definition) is 1. The molecule has 9 heteroatoms. The summed E-state index contributed by atoms with van der Waals surface area (Å²) in [5.74, 6) is -0.624. The van der Waals surface area contributed by atoms with E-state index in [-0.39, 0.29) is 5.69 Å². The van der Waals surface area contributed by atoms with E-state index in [0.29, 0.717) is 24.2 Å². The average molecular weight is 301 g/mol. The van der Waals surface area contributed by atoms with Crippen LogP contribution in [0.4, 0.5) is 13.2 Å². The molecule has 0 saturated heterocycles. The zero-order valence-corrected chi connectivity index (χ0v) is 11.3. The summed E-state index contributed by atoms with van der Waals surface area (Å²) in [6.45, 7) is 0.944. The summed E-state index contributed by atoms with van der Waals surface area (Å²) in [5.41, 5.74) is -1.20. The van der Waals surface area contributed by atoms with Crippen molar-refractivity contribution in [1.29, 1.82) is 0 Å². The van der Waals surface area contributed by atoms with Gasteiger partial charge in [0, 0.05) is 38.6 Å². The van der Waals surface area contributed by atoms with E-state index in [2.05, 4.69) is 15.5 Å². The van der Waals surface area contributed by atoms with Gasteiger partial charge >= 0.3 is 6.18 Å². The van der Waals surface area contributed by atoms with Gasteiger partial charge in [-0.15, -0.1) is 0 Å². The van der Waals surface area contributed by atoms with Crippen molar-refractivity contribution in [3.8, 4) is 0 Å². The van der Waals surface area contributed by atoms with Gasteiger partial charge in [-0.25, -0.2) is 0 Å². The van der Waals surface area contributed by atoms with Crippen LogP contribution in [-0.4, -0.2) is 32.0 Å². The van der Waals surface area contributed by atoms with E-state index >= 15 is 0 Å². The predicted octanol–water partition coefficient (Wildman–Crippen LogP) is 1.46. The highest BCUT2D eigenvalue weighted by Gasteiger charge is 2.35. The molecule has 2 aromatic heterocycles. The van der Waals surface area contributed by atoms with Crippen LogP contribution < -0.4 is 5.32 Å². The summed E-state index contributed by atoms with van der Waals surface area (Å²) in [5, 5.41) is 10.1. The Morgan fingerprint density at radius 2 is 2.19 bits per heavy atom. The molecular weight excluding hydrogens is 287 g/mol. The molecule has 2 rings (SSSR count). The lowest BCUT2D eigenvalue weighted by atomic mass is 10.3. The van der Waals surface area contributed by atoms with Crippen molar-refractivity contribution in [2.45, 2.75) is 19.1 Å². The standard InChI is InChI=1S/C12H14F3N5O/c1-19-10(12(13,14)15)8-9(18-19)11(21)16-4-2-6-20-7-3-5-17-20/h3,5,7-8H,2,4,6H2,1H3,(H,16,21). The molecule has 0 radical (unpaired) electrons. The fourth-order valence-electron chi connectivity index (χ4n) is 1.81. The molecule has 0 aliphatic carbocycles. The molecule has 21 heavy (non-hydrogen) atoms. The van der Waals surface area contributed by atoms with E-state index in [1.54, 1.807) is 23.1 Å². The fourth-order valence-corrected chi connectivity index (χ4v) is 1.81. The van der Waals surface area contributed by atoms with Crippen LogP contribution in [0, 0.1) is 0 Å². The van der Waals surface area contributed by atoms with Crippen LogP contribution in [0.1, 0.15) is 22.6 Å². The second-order valence-electron chi connectivity index (χ2n) is 4.41. The van der Waals surface area contributed by atoms with Crippen LogP contribution in [0.25, 0.3) is 0 Å². The van der Waals surface area contributed by atoms with Gasteiger partial charge in [0.25, 0.3) is 5.91 Å². The van der Waals surface area contributed by atoms with Gasteiger partial charge in [-0.3, -0.25) is 14.2 Å². The summed E-state index contributed by atoms with van der Waals surface area (Å²) < 4.78 is 40.1. The third-order valence-electron chi connectivity index (χ3n) is 2.81. The summed E-state index contributed by atoms with van der Waals surface area (Å²) in [6, 6.07) is 2.52. The molecule has 0 aromatic carbocycles. The van der Waals surface area contributed by atoms with Crippen molar-refractivity contribution in [1.82, 2.24) is 24.9 Å². The Hall–Kier alpha value is -2.32. The quantitative estimate of drug-likeness (QED) is 0.850. The predicted molar refractivity (Wildman–Crippen MR) is 67.4 cm³/mol. The maximum Gasteiger partial charge on any atom is 0.433 e. The lowest BCUT2D eigenvalue weighted by molar-refractivity contribution is -0.143. The second-order valence-corrected chi connectivity index (χ2v) is 4.41. The molecule has 6 nitrogen and oxygen atoms in total. The molecule has 0 saturated carbocycles. The molecule has 2 heterocycles. The summed E-state index contributed by atoms with van der Waals surface area (Å²) in [6.07, 6.45) is -0.478. The van der Waals surface area contributed by atoms with Crippen molar-refractivity contribution in [2.24, 2.45) is 7.05 Å². The highest BCUT2D eigenvalue weighted by Crippen LogP contribution is 2.29. The highest BCUT2D eigenvalue weighted by molar-refractivity contribution is 5.92. The van der Waals surface area contributed by atoms with Gasteiger partial charge < -0.3 is 5.32 Å². The van der Waals surface area contributed by atoms with E-state index < -0.39 is 17.8 Å². The number of aryl methyl sites for hydroxylation is 2. The number of alkyl halides is 3. The molecule has 0 aliphatic rings. The van der Waals surface area contributed by atoms with Crippen molar-refractivity contribution in [2.75, 3.05) is 6.54 Å². The maximum atomic E-state index is 12.6. The molecule has 1 amide bonds. The summed E-state index contributed by atoms with van der Waals surface area (Å²) in [4.78, 5) is 11.7. The van der Waals surface area contributed by atoms with Crippen LogP contribution in [0.15, 0.2) is 24.5 Å². The van der Waals surface area contributed by atoms with Crippen molar-refractivity contribution in [3.63, 3.8) is 0 Å². The van der Waals surface area contributed by atoms with Gasteiger partial charge in [0.05, 0.1) is 0 Å². The molecule has 1 N–H and O–H groups in total. The van der Waals surface area contributed by atoms with Crippen LogP contribution in [0.5, 0.6) is 0 Å². The van der Waals surface area contributed by atoms with Gasteiger partial charge in [0.1, 0.15) is 5.69 Å². The Kier molecular flexibility index (Phi) is 4.29. The topological polar surface area (TPSA) is 64.7 Å². The zero-order chi connectivity index (χ0) is 15.5. The monoisotopic (exact) mass is 301 g/mol. The van der Waals surface area contributed by atoms with Crippen LogP contribution in [-0.2, 0) is 19.8 Å². The van der Waals surface area contributed by atoms with E-state index in [9.17, 15) is 18.0 Å². The molecule has 0 bridgehead atoms. The van der Waals surface area contributed by atoms with Crippen molar-refractivity contribution in [3.05, 3.63) is 35.9 Å². The second kappa shape index (κ2) is 5.98. The number of nitrogens with zero attached hydrogens (tertiary/aromatic N) is 4. The molecule has 0 spiro atoms. The number of aromatic nitrogens is 4. The molecular formula is C12H14F3N5O. The molecule has 0 unspecified atom stereocenters. The van der Waals surface area contributed by atoms with Gasteiger partial charge in [-0.1, -0.05) is 0 Å². The number of nitrogens with one attached hydrogen (secondary N) is 1. The summed E-state index contributed by atoms with van der Waals surface area (Å²) >= 11 is 0. The number of rotatable bonds is 5. The Morgan fingerprint density at radius 3 is 2.76 bits per heavy atom. The minimum Gasteiger partial charge on any atom is -0.351 e. The molecule has 114 valence electrons. The Labute approximate surface area is 118 Å². The fraction of sp³-hybridized carbons (Fsp3) is 0.417. The van der Waals surface area contributed by atoms with Crippen molar-refractivity contribution >= 4 is 5.91 Å². The Bertz CT molecular complexity index is 603. The number of carbonyl (C=O) groups excluding carboxylic acids is 1. The smallest absolute Gasteiger partial charge is 0.351 e. The van der Waals surface area contributed by atoms with Crippen LogP contribution >= 0.6 is 0 Å². The van der Waals surface area contributed by atoms with Crippen molar-refractivity contribution < 1.29 is 18.0 Å². The molecule has 0 atom stereocenters. The third kappa shape index (κ3) is 3.83. The SMILES string of the molecule is Cn1nc(C(=O)NCCCn2cccn2)cc1C(F)(F)F. The minimum absolute atomic E-state index is 0.246. The Balaban J connectivity index is 1.86. The van der Waals surface area contributed by atoms with E-state index in [1.165, 1.54) is 0 Å². The van der Waals surface area contributed by atoms with Crippen LogP contribution in [0.2, 0.25) is 0 Å². The van der Waals surface area contributed by atoms with Crippen LogP contribution in [0.3, 0.4) is 0 Å². The molecule has 0 fully saturated rings. The largest absolute Gasteiger partial charge is 0.433 e. The molecule has 2 aromatic rings. The van der Waals surface area contributed by atoms with E-state index in [4.69, 9.17) is 0 Å². The first-order valence-electron chi connectivity index (χ1n) is 6.25. The lowest BCUT2D eigenvalue weighted by Gasteiger charge is -2.04. The minimum atomic E-state index is -4.53. The lowest BCUT2D eigenvalue weighted by Crippen LogP contribution is -2.25. The highest BCUT2D eigenvalue weighted by atomic mass is 19.4.